The molecule has 2 N–H and O–H groups in total. The number of nitrogens with two attached hydrogens (primary N) is 1. The van der Waals surface area contributed by atoms with E-state index in [2.05, 4.69) is 0 Å². The van der Waals surface area contributed by atoms with Crippen molar-refractivity contribution in [1.29, 1.82) is 0 Å². The number of nitrogens with zero attached hydrogens (tertiary/aromatic N) is 1. The third-order valence-electron chi connectivity index (χ3n) is 3.98. The van der Waals surface area contributed by atoms with Crippen LogP contribution in [0, 0.1) is 19.3 Å². The van der Waals surface area contributed by atoms with E-state index in [4.69, 9.17) is 5.73 Å². The lowest BCUT2D eigenvalue weighted by atomic mass is 9.90. The summed E-state index contributed by atoms with van der Waals surface area (Å²) in [5.74, 6) is 0. The zero-order valence-corrected chi connectivity index (χ0v) is 12.6. The van der Waals surface area contributed by atoms with Crippen molar-refractivity contribution in [2.24, 2.45) is 11.1 Å². The summed E-state index contributed by atoms with van der Waals surface area (Å²) in [6.45, 7) is 7.39. The standard InChI is InChI=1S/C14H22N2O2S/c1-11-4-5-12(2)13(8-11)19(17,18)16-7-6-14(3,9-15)10-16/h4-5,8H,6-7,9-10,15H2,1-3H3. The van der Waals surface area contributed by atoms with Crippen molar-refractivity contribution in [2.45, 2.75) is 32.1 Å². The fourth-order valence-electron chi connectivity index (χ4n) is 2.47. The van der Waals surface area contributed by atoms with Crippen LogP contribution in [-0.2, 0) is 10.0 Å². The second-order valence-corrected chi connectivity index (χ2v) is 7.78. The molecule has 1 fully saturated rings. The summed E-state index contributed by atoms with van der Waals surface area (Å²) in [5.41, 5.74) is 7.41. The van der Waals surface area contributed by atoms with E-state index in [1.807, 2.05) is 32.9 Å². The normalized spacial score (nSPS) is 24.8. The molecule has 19 heavy (non-hydrogen) atoms. The van der Waals surface area contributed by atoms with Crippen LogP contribution < -0.4 is 5.73 Å². The quantitative estimate of drug-likeness (QED) is 0.917. The number of hydrogen-bond donors (Lipinski definition) is 1. The van der Waals surface area contributed by atoms with Gasteiger partial charge in [-0.15, -0.1) is 0 Å². The summed E-state index contributed by atoms with van der Waals surface area (Å²) in [7, 11) is -3.40. The van der Waals surface area contributed by atoms with Crippen LogP contribution in [0.4, 0.5) is 0 Å². The fraction of sp³-hybridized carbons (Fsp3) is 0.571. The molecule has 1 saturated heterocycles. The summed E-state index contributed by atoms with van der Waals surface area (Å²) in [5, 5.41) is 0. The van der Waals surface area contributed by atoms with Gasteiger partial charge in [-0.3, -0.25) is 0 Å². The Kier molecular flexibility index (Phi) is 3.73. The maximum absolute atomic E-state index is 12.7. The highest BCUT2D eigenvalue weighted by Gasteiger charge is 2.39. The Morgan fingerprint density at radius 2 is 2.05 bits per heavy atom. The fourth-order valence-corrected chi connectivity index (χ4v) is 4.38. The molecule has 0 saturated carbocycles. The van der Waals surface area contributed by atoms with Gasteiger partial charge < -0.3 is 5.73 Å². The molecular weight excluding hydrogens is 260 g/mol. The zero-order chi connectivity index (χ0) is 14.3. The number of sulfonamides is 1. The van der Waals surface area contributed by atoms with E-state index in [1.165, 1.54) is 0 Å². The van der Waals surface area contributed by atoms with Gasteiger partial charge in [-0.2, -0.15) is 4.31 Å². The van der Waals surface area contributed by atoms with E-state index < -0.39 is 10.0 Å². The van der Waals surface area contributed by atoms with Crippen molar-refractivity contribution in [1.82, 2.24) is 4.31 Å². The van der Waals surface area contributed by atoms with Crippen LogP contribution in [0.1, 0.15) is 24.5 Å². The highest BCUT2D eigenvalue weighted by Crippen LogP contribution is 2.33. The first-order valence-corrected chi connectivity index (χ1v) is 8.00. The molecule has 0 radical (unpaired) electrons. The van der Waals surface area contributed by atoms with Crippen molar-refractivity contribution in [3.05, 3.63) is 29.3 Å². The smallest absolute Gasteiger partial charge is 0.243 e. The first-order valence-electron chi connectivity index (χ1n) is 6.56. The number of benzene rings is 1. The predicted octanol–water partition coefficient (Wildman–Crippen LogP) is 1.66. The third-order valence-corrected chi connectivity index (χ3v) is 5.96. The van der Waals surface area contributed by atoms with Crippen molar-refractivity contribution >= 4 is 10.0 Å². The molecule has 1 unspecified atom stereocenters. The van der Waals surface area contributed by atoms with E-state index in [9.17, 15) is 8.42 Å². The highest BCUT2D eigenvalue weighted by atomic mass is 32.2. The minimum atomic E-state index is -3.40. The van der Waals surface area contributed by atoms with Gasteiger partial charge in [-0.25, -0.2) is 8.42 Å². The average Bonchev–Trinajstić information content (AvgIpc) is 2.76. The van der Waals surface area contributed by atoms with Gasteiger partial charge >= 0.3 is 0 Å². The second kappa shape index (κ2) is 4.89. The van der Waals surface area contributed by atoms with E-state index in [0.29, 0.717) is 24.5 Å². The molecule has 1 atom stereocenters. The van der Waals surface area contributed by atoms with Crippen molar-refractivity contribution in [2.75, 3.05) is 19.6 Å². The van der Waals surface area contributed by atoms with Gasteiger partial charge in [0.1, 0.15) is 0 Å². The average molecular weight is 282 g/mol. The maximum Gasteiger partial charge on any atom is 0.243 e. The minimum Gasteiger partial charge on any atom is -0.330 e. The minimum absolute atomic E-state index is 0.0925. The SMILES string of the molecule is Cc1ccc(C)c(S(=O)(=O)N2CCC(C)(CN)C2)c1. The van der Waals surface area contributed by atoms with Gasteiger partial charge in [0.15, 0.2) is 0 Å². The summed E-state index contributed by atoms with van der Waals surface area (Å²) < 4.78 is 27.0. The van der Waals surface area contributed by atoms with Gasteiger partial charge in [-0.05, 0) is 49.4 Å². The molecule has 0 spiro atoms. The lowest BCUT2D eigenvalue weighted by Gasteiger charge is -2.23. The number of aryl methyl sites for hydroxylation is 2. The first kappa shape index (κ1) is 14.5. The van der Waals surface area contributed by atoms with Crippen molar-refractivity contribution in [3.8, 4) is 0 Å². The first-order chi connectivity index (χ1) is 8.78. The Hall–Kier alpha value is -0.910. The van der Waals surface area contributed by atoms with Gasteiger partial charge in [0.2, 0.25) is 10.0 Å². The molecule has 4 nitrogen and oxygen atoms in total. The Morgan fingerprint density at radius 1 is 1.37 bits per heavy atom. The van der Waals surface area contributed by atoms with E-state index in [-0.39, 0.29) is 5.41 Å². The molecule has 0 aliphatic carbocycles. The largest absolute Gasteiger partial charge is 0.330 e. The Balaban J connectivity index is 2.36. The molecule has 1 aliphatic heterocycles. The molecule has 0 aromatic heterocycles. The molecule has 1 aromatic carbocycles. The molecule has 106 valence electrons. The Labute approximate surface area is 115 Å². The van der Waals surface area contributed by atoms with Gasteiger partial charge in [0, 0.05) is 13.1 Å². The molecule has 5 heteroatoms. The molecule has 1 heterocycles. The summed E-state index contributed by atoms with van der Waals surface area (Å²) in [6, 6.07) is 5.55. The highest BCUT2D eigenvalue weighted by molar-refractivity contribution is 7.89. The third kappa shape index (κ3) is 2.68. The summed E-state index contributed by atoms with van der Waals surface area (Å²) in [6.07, 6.45) is 0.827. The van der Waals surface area contributed by atoms with Crippen LogP contribution >= 0.6 is 0 Å². The van der Waals surface area contributed by atoms with E-state index >= 15 is 0 Å². The van der Waals surface area contributed by atoms with Crippen LogP contribution in [0.15, 0.2) is 23.1 Å². The van der Waals surface area contributed by atoms with Crippen LogP contribution in [0.25, 0.3) is 0 Å². The summed E-state index contributed by atoms with van der Waals surface area (Å²) >= 11 is 0. The second-order valence-electron chi connectivity index (χ2n) is 5.87. The van der Waals surface area contributed by atoms with Crippen LogP contribution in [0.3, 0.4) is 0 Å². The van der Waals surface area contributed by atoms with Crippen LogP contribution in [0.5, 0.6) is 0 Å². The topological polar surface area (TPSA) is 63.4 Å². The number of rotatable bonds is 3. The van der Waals surface area contributed by atoms with Crippen molar-refractivity contribution < 1.29 is 8.42 Å². The van der Waals surface area contributed by atoms with Crippen LogP contribution in [0.2, 0.25) is 0 Å². The summed E-state index contributed by atoms with van der Waals surface area (Å²) in [4.78, 5) is 0.425. The molecular formula is C14H22N2O2S. The van der Waals surface area contributed by atoms with E-state index in [1.54, 1.807) is 10.4 Å². The predicted molar refractivity (Wildman–Crippen MR) is 76.5 cm³/mol. The molecule has 0 bridgehead atoms. The van der Waals surface area contributed by atoms with Gasteiger partial charge in [0.25, 0.3) is 0 Å². The van der Waals surface area contributed by atoms with E-state index in [0.717, 1.165) is 17.5 Å². The van der Waals surface area contributed by atoms with Gasteiger partial charge in [-0.1, -0.05) is 19.1 Å². The molecule has 0 amide bonds. The Morgan fingerprint density at radius 3 is 2.63 bits per heavy atom. The van der Waals surface area contributed by atoms with Crippen molar-refractivity contribution in [3.63, 3.8) is 0 Å². The van der Waals surface area contributed by atoms with Gasteiger partial charge in [0.05, 0.1) is 4.90 Å². The lowest BCUT2D eigenvalue weighted by Crippen LogP contribution is -2.34. The maximum atomic E-state index is 12.7. The Bertz CT molecular complexity index is 583. The zero-order valence-electron chi connectivity index (χ0n) is 11.8. The number of hydrogen-bond acceptors (Lipinski definition) is 3. The lowest BCUT2D eigenvalue weighted by molar-refractivity contribution is 0.349. The van der Waals surface area contributed by atoms with Crippen LogP contribution in [-0.4, -0.2) is 32.4 Å². The molecule has 1 aliphatic rings. The monoisotopic (exact) mass is 282 g/mol. The molecule has 1 aromatic rings. The molecule has 2 rings (SSSR count).